The van der Waals surface area contributed by atoms with Gasteiger partial charge >= 0.3 is 0 Å². The molecule has 1 aliphatic carbocycles. The molecular formula is C12H8ClFO2S. The fourth-order valence-electron chi connectivity index (χ4n) is 2.13. The van der Waals surface area contributed by atoms with Crippen molar-refractivity contribution in [2.45, 2.75) is 18.6 Å². The highest BCUT2D eigenvalue weighted by Gasteiger charge is 2.32. The summed E-state index contributed by atoms with van der Waals surface area (Å²) in [4.78, 5) is 12.6. The molecule has 1 aromatic heterocycles. The summed E-state index contributed by atoms with van der Waals surface area (Å²) in [5.41, 5.74) is 0.930. The van der Waals surface area contributed by atoms with Crippen LogP contribution in [0.5, 0.6) is 0 Å². The molecule has 1 aliphatic heterocycles. The van der Waals surface area contributed by atoms with E-state index in [1.807, 2.05) is 0 Å². The normalized spacial score (nSPS) is 26.1. The first kappa shape index (κ1) is 11.1. The number of carbonyl (C=O) groups excluding carboxylic acids is 1. The van der Waals surface area contributed by atoms with Crippen LogP contribution in [0.4, 0.5) is 4.39 Å². The van der Waals surface area contributed by atoms with Crippen LogP contribution in [-0.4, -0.2) is 11.3 Å². The van der Waals surface area contributed by atoms with E-state index in [4.69, 9.17) is 16.3 Å². The predicted molar refractivity (Wildman–Crippen MR) is 64.2 cm³/mol. The standard InChI is InChI=1S/C12H8ClFO2S/c13-12(15)10-3-6-5-16-9-2-1-7(14)4-8(9)11(6)17-10/h1-4,8-9H,5H2. The third kappa shape index (κ3) is 1.86. The Labute approximate surface area is 106 Å². The second-order valence-corrected chi connectivity index (χ2v) is 5.41. The van der Waals surface area contributed by atoms with Gasteiger partial charge in [0.15, 0.2) is 0 Å². The van der Waals surface area contributed by atoms with Crippen molar-refractivity contribution in [3.8, 4) is 0 Å². The number of rotatable bonds is 1. The van der Waals surface area contributed by atoms with Crippen LogP contribution in [0, 0.1) is 0 Å². The SMILES string of the molecule is O=C(Cl)c1cc2c(s1)C1C=C(F)C=CC1OC2. The van der Waals surface area contributed by atoms with Crippen LogP contribution in [0.25, 0.3) is 0 Å². The molecule has 2 heterocycles. The van der Waals surface area contributed by atoms with Crippen LogP contribution in [0.1, 0.15) is 26.0 Å². The van der Waals surface area contributed by atoms with Crippen molar-refractivity contribution < 1.29 is 13.9 Å². The average molecular weight is 271 g/mol. The second-order valence-electron chi connectivity index (χ2n) is 3.99. The molecule has 3 rings (SSSR count). The molecule has 0 saturated carbocycles. The Morgan fingerprint density at radius 3 is 3.18 bits per heavy atom. The minimum atomic E-state index is -0.475. The van der Waals surface area contributed by atoms with Gasteiger partial charge in [0.1, 0.15) is 5.83 Å². The van der Waals surface area contributed by atoms with Gasteiger partial charge in [0, 0.05) is 10.8 Å². The maximum absolute atomic E-state index is 13.2. The van der Waals surface area contributed by atoms with Gasteiger partial charge in [-0.2, -0.15) is 0 Å². The summed E-state index contributed by atoms with van der Waals surface area (Å²) in [5, 5.41) is -0.475. The maximum Gasteiger partial charge on any atom is 0.262 e. The molecular weight excluding hydrogens is 263 g/mol. The largest absolute Gasteiger partial charge is 0.368 e. The van der Waals surface area contributed by atoms with Gasteiger partial charge in [0.2, 0.25) is 0 Å². The number of allylic oxidation sites excluding steroid dienone is 2. The fourth-order valence-corrected chi connectivity index (χ4v) is 3.41. The van der Waals surface area contributed by atoms with Gasteiger partial charge in [-0.1, -0.05) is 6.08 Å². The van der Waals surface area contributed by atoms with Crippen molar-refractivity contribution in [1.82, 2.24) is 0 Å². The summed E-state index contributed by atoms with van der Waals surface area (Å²) < 4.78 is 18.8. The summed E-state index contributed by atoms with van der Waals surface area (Å²) in [6.45, 7) is 0.441. The van der Waals surface area contributed by atoms with Crippen molar-refractivity contribution in [1.29, 1.82) is 0 Å². The highest BCUT2D eigenvalue weighted by atomic mass is 35.5. The molecule has 2 atom stereocenters. The Hall–Kier alpha value is -0.970. The third-order valence-electron chi connectivity index (χ3n) is 2.91. The van der Waals surface area contributed by atoms with Gasteiger partial charge in [-0.25, -0.2) is 4.39 Å². The van der Waals surface area contributed by atoms with Crippen LogP contribution in [-0.2, 0) is 11.3 Å². The lowest BCUT2D eigenvalue weighted by Gasteiger charge is -2.29. The molecule has 2 aliphatic rings. The highest BCUT2D eigenvalue weighted by molar-refractivity contribution is 7.16. The quantitative estimate of drug-likeness (QED) is 0.730. The maximum atomic E-state index is 13.2. The summed E-state index contributed by atoms with van der Waals surface area (Å²) >= 11 is 6.78. The Bertz CT molecular complexity index is 547. The van der Waals surface area contributed by atoms with Crippen molar-refractivity contribution in [2.24, 2.45) is 0 Å². The smallest absolute Gasteiger partial charge is 0.262 e. The molecule has 88 valence electrons. The van der Waals surface area contributed by atoms with E-state index in [0.717, 1.165) is 10.4 Å². The third-order valence-corrected chi connectivity index (χ3v) is 4.50. The lowest BCUT2D eigenvalue weighted by atomic mass is 9.91. The van der Waals surface area contributed by atoms with E-state index in [0.29, 0.717) is 11.5 Å². The van der Waals surface area contributed by atoms with Gasteiger partial charge in [-0.05, 0) is 35.4 Å². The Balaban J connectivity index is 2.06. The molecule has 0 fully saturated rings. The molecule has 0 bridgehead atoms. The van der Waals surface area contributed by atoms with Gasteiger partial charge in [-0.3, -0.25) is 4.79 Å². The van der Waals surface area contributed by atoms with Crippen molar-refractivity contribution in [2.75, 3.05) is 0 Å². The molecule has 0 amide bonds. The fraction of sp³-hybridized carbons (Fsp3) is 0.250. The summed E-state index contributed by atoms with van der Waals surface area (Å²) in [7, 11) is 0. The zero-order valence-corrected chi connectivity index (χ0v) is 10.2. The summed E-state index contributed by atoms with van der Waals surface area (Å²) in [5.74, 6) is -0.409. The van der Waals surface area contributed by atoms with E-state index in [1.165, 1.54) is 23.5 Å². The zero-order chi connectivity index (χ0) is 12.0. The molecule has 2 nitrogen and oxygen atoms in total. The number of hydrogen-bond donors (Lipinski definition) is 0. The van der Waals surface area contributed by atoms with E-state index in [-0.39, 0.29) is 17.8 Å². The van der Waals surface area contributed by atoms with Crippen molar-refractivity contribution in [3.63, 3.8) is 0 Å². The predicted octanol–water partition coefficient (Wildman–Crippen LogP) is 3.53. The number of carbonyl (C=O) groups is 1. The van der Waals surface area contributed by atoms with Gasteiger partial charge in [-0.15, -0.1) is 11.3 Å². The number of hydrogen-bond acceptors (Lipinski definition) is 3. The van der Waals surface area contributed by atoms with Crippen molar-refractivity contribution >= 4 is 28.2 Å². The Morgan fingerprint density at radius 1 is 1.59 bits per heavy atom. The first-order valence-electron chi connectivity index (χ1n) is 5.14. The van der Waals surface area contributed by atoms with E-state index in [2.05, 4.69) is 0 Å². The zero-order valence-electron chi connectivity index (χ0n) is 8.65. The van der Waals surface area contributed by atoms with E-state index >= 15 is 0 Å². The molecule has 0 spiro atoms. The number of thiophene rings is 1. The first-order chi connectivity index (χ1) is 8.15. The second kappa shape index (κ2) is 4.05. The Morgan fingerprint density at radius 2 is 2.41 bits per heavy atom. The minimum absolute atomic E-state index is 0.140. The molecule has 17 heavy (non-hydrogen) atoms. The molecule has 2 unspecified atom stereocenters. The van der Waals surface area contributed by atoms with Crippen LogP contribution in [0.3, 0.4) is 0 Å². The number of halogens is 2. The Kier molecular flexibility index (Phi) is 2.65. The number of fused-ring (bicyclic) bond motifs is 3. The van der Waals surface area contributed by atoms with Gasteiger partial charge < -0.3 is 4.74 Å². The van der Waals surface area contributed by atoms with Crippen LogP contribution >= 0.6 is 22.9 Å². The van der Waals surface area contributed by atoms with E-state index in [1.54, 1.807) is 12.1 Å². The molecule has 1 aromatic rings. The van der Waals surface area contributed by atoms with Crippen molar-refractivity contribution in [3.05, 3.63) is 45.4 Å². The number of ether oxygens (including phenoxy) is 1. The minimum Gasteiger partial charge on any atom is -0.368 e. The van der Waals surface area contributed by atoms with Crippen LogP contribution < -0.4 is 0 Å². The van der Waals surface area contributed by atoms with Gasteiger partial charge in [0.25, 0.3) is 5.24 Å². The summed E-state index contributed by atoms with van der Waals surface area (Å²) in [6.07, 6.45) is 4.51. The lowest BCUT2D eigenvalue weighted by Crippen LogP contribution is -2.25. The van der Waals surface area contributed by atoms with Crippen LogP contribution in [0.15, 0.2) is 30.1 Å². The molecule has 0 N–H and O–H groups in total. The molecule has 0 aromatic carbocycles. The van der Waals surface area contributed by atoms with E-state index < -0.39 is 5.24 Å². The molecule has 5 heteroatoms. The van der Waals surface area contributed by atoms with E-state index in [9.17, 15) is 9.18 Å². The topological polar surface area (TPSA) is 26.3 Å². The molecule has 0 radical (unpaired) electrons. The average Bonchev–Trinajstić information content (AvgIpc) is 2.73. The first-order valence-corrected chi connectivity index (χ1v) is 6.34. The lowest BCUT2D eigenvalue weighted by molar-refractivity contribution is 0.0490. The van der Waals surface area contributed by atoms with Gasteiger partial charge in [0.05, 0.1) is 17.6 Å². The van der Waals surface area contributed by atoms with Crippen LogP contribution in [0.2, 0.25) is 0 Å². The molecule has 0 saturated heterocycles. The monoisotopic (exact) mass is 270 g/mol. The summed E-state index contributed by atoms with van der Waals surface area (Å²) in [6, 6.07) is 1.73. The highest BCUT2D eigenvalue weighted by Crippen LogP contribution is 2.41.